The summed E-state index contributed by atoms with van der Waals surface area (Å²) < 4.78 is 10.6. The average Bonchev–Trinajstić information content (AvgIpc) is 3.14. The number of hydrogen-bond donors (Lipinski definition) is 3. The molecule has 0 radical (unpaired) electrons. The van der Waals surface area contributed by atoms with Crippen LogP contribution in [0.15, 0.2) is 46.0 Å². The summed E-state index contributed by atoms with van der Waals surface area (Å²) in [5.41, 5.74) is -1.42. The quantitative estimate of drug-likeness (QED) is 0.267. The third-order valence-corrected chi connectivity index (χ3v) is 4.02. The van der Waals surface area contributed by atoms with Crippen LogP contribution in [-0.4, -0.2) is 16.8 Å². The zero-order chi connectivity index (χ0) is 19.1. The van der Waals surface area contributed by atoms with Gasteiger partial charge in [-0.1, -0.05) is 6.07 Å². The Morgan fingerprint density at radius 2 is 1.70 bits per heavy atom. The van der Waals surface area contributed by atoms with Gasteiger partial charge in [0.05, 0.1) is 22.4 Å². The van der Waals surface area contributed by atoms with E-state index in [1.807, 2.05) is 0 Å². The number of ether oxygens (including phenoxy) is 2. The van der Waals surface area contributed by atoms with Gasteiger partial charge in [0, 0.05) is 6.07 Å². The van der Waals surface area contributed by atoms with Gasteiger partial charge in [-0.2, -0.15) is 0 Å². The van der Waals surface area contributed by atoms with Gasteiger partial charge in [-0.05, 0) is 18.2 Å². The molecule has 1 aliphatic heterocycles. The lowest BCUT2D eigenvalue weighted by molar-refractivity contribution is -0.384. The summed E-state index contributed by atoms with van der Waals surface area (Å²) in [4.78, 5) is 34.0. The van der Waals surface area contributed by atoms with Crippen LogP contribution in [0.5, 0.6) is 17.2 Å². The topological polar surface area (TPSA) is 140 Å². The van der Waals surface area contributed by atoms with Crippen molar-refractivity contribution in [3.8, 4) is 17.2 Å². The number of fused-ring (bicyclic) bond motifs is 1. The van der Waals surface area contributed by atoms with E-state index in [-0.39, 0.29) is 29.5 Å². The Kier molecular flexibility index (Phi) is 3.65. The zero-order valence-electron chi connectivity index (χ0n) is 13.5. The molecule has 0 aromatic heterocycles. The second kappa shape index (κ2) is 6.02. The van der Waals surface area contributed by atoms with Crippen LogP contribution in [0.4, 0.5) is 28.4 Å². The molecule has 0 spiro atoms. The first-order valence-electron chi connectivity index (χ1n) is 7.69. The summed E-state index contributed by atoms with van der Waals surface area (Å²) in [7, 11) is 0. The Morgan fingerprint density at radius 3 is 2.37 bits per heavy atom. The molecular weight excluding hydrogens is 358 g/mol. The predicted octanol–water partition coefficient (Wildman–Crippen LogP) is 2.11. The number of phenolic OH excluding ortho intramolecular Hbond substituents is 1. The number of nitro benzene ring substituents is 1. The van der Waals surface area contributed by atoms with E-state index in [9.17, 15) is 24.8 Å². The second-order valence-electron chi connectivity index (χ2n) is 5.66. The average molecular weight is 369 g/mol. The Balaban J connectivity index is 1.64. The van der Waals surface area contributed by atoms with Gasteiger partial charge in [0.15, 0.2) is 11.5 Å². The summed E-state index contributed by atoms with van der Waals surface area (Å²) in [5.74, 6) is 0.483. The van der Waals surface area contributed by atoms with Gasteiger partial charge in [-0.3, -0.25) is 19.7 Å². The molecule has 0 unspecified atom stereocenters. The maximum absolute atomic E-state index is 12.0. The van der Waals surface area contributed by atoms with E-state index in [0.29, 0.717) is 17.2 Å². The molecule has 3 aromatic rings. The van der Waals surface area contributed by atoms with Gasteiger partial charge >= 0.3 is 0 Å². The molecule has 0 aliphatic carbocycles. The van der Waals surface area contributed by atoms with E-state index in [4.69, 9.17) is 9.47 Å². The van der Waals surface area contributed by atoms with Gasteiger partial charge in [-0.15, -0.1) is 0 Å². The SMILES string of the molecule is O=c1c(Nc2ccc([N+](=O)[O-])cc2O)c(Nc2cccc3c2OCO3)c1=O. The van der Waals surface area contributed by atoms with Crippen molar-refractivity contribution in [2.45, 2.75) is 0 Å². The monoisotopic (exact) mass is 369 g/mol. The summed E-state index contributed by atoms with van der Waals surface area (Å²) in [6.07, 6.45) is 0. The van der Waals surface area contributed by atoms with Gasteiger partial charge in [0.1, 0.15) is 17.1 Å². The molecular formula is C17H11N3O7. The number of nitro groups is 1. The molecule has 1 aliphatic rings. The van der Waals surface area contributed by atoms with Crippen LogP contribution in [0.2, 0.25) is 0 Å². The van der Waals surface area contributed by atoms with Crippen LogP contribution in [0.1, 0.15) is 0 Å². The molecule has 0 saturated carbocycles. The van der Waals surface area contributed by atoms with E-state index in [1.165, 1.54) is 6.07 Å². The smallest absolute Gasteiger partial charge is 0.273 e. The van der Waals surface area contributed by atoms with Gasteiger partial charge in [-0.25, -0.2) is 0 Å². The van der Waals surface area contributed by atoms with E-state index >= 15 is 0 Å². The Labute approximate surface area is 150 Å². The molecule has 0 saturated heterocycles. The summed E-state index contributed by atoms with van der Waals surface area (Å²) in [5, 5.41) is 26.1. The largest absolute Gasteiger partial charge is 0.506 e. The fourth-order valence-corrected chi connectivity index (χ4v) is 2.67. The number of nitrogens with zero attached hydrogens (tertiary/aromatic N) is 1. The van der Waals surface area contributed by atoms with Crippen molar-refractivity contribution >= 4 is 28.4 Å². The summed E-state index contributed by atoms with van der Waals surface area (Å²) in [6, 6.07) is 8.38. The minimum absolute atomic E-state index is 0.0124. The number of aromatic hydroxyl groups is 1. The van der Waals surface area contributed by atoms with E-state index in [0.717, 1.165) is 12.1 Å². The van der Waals surface area contributed by atoms with Crippen molar-refractivity contribution in [3.05, 3.63) is 67.0 Å². The van der Waals surface area contributed by atoms with Crippen molar-refractivity contribution in [2.75, 3.05) is 17.4 Å². The zero-order valence-corrected chi connectivity index (χ0v) is 13.5. The van der Waals surface area contributed by atoms with Gasteiger partial charge in [0.2, 0.25) is 6.79 Å². The van der Waals surface area contributed by atoms with E-state index in [2.05, 4.69) is 10.6 Å². The van der Waals surface area contributed by atoms with Crippen molar-refractivity contribution in [1.82, 2.24) is 0 Å². The molecule has 0 bridgehead atoms. The van der Waals surface area contributed by atoms with Gasteiger partial charge < -0.3 is 25.2 Å². The molecule has 3 aromatic carbocycles. The molecule has 4 rings (SSSR count). The fourth-order valence-electron chi connectivity index (χ4n) is 2.67. The van der Waals surface area contributed by atoms with Crippen molar-refractivity contribution in [1.29, 1.82) is 0 Å². The number of rotatable bonds is 5. The minimum Gasteiger partial charge on any atom is -0.506 e. The molecule has 0 atom stereocenters. The predicted molar refractivity (Wildman–Crippen MR) is 95.2 cm³/mol. The van der Waals surface area contributed by atoms with Gasteiger partial charge in [0.25, 0.3) is 16.5 Å². The van der Waals surface area contributed by atoms with Crippen LogP contribution in [0, 0.1) is 10.1 Å². The van der Waals surface area contributed by atoms with Crippen LogP contribution in [0.25, 0.3) is 0 Å². The lowest BCUT2D eigenvalue weighted by Crippen LogP contribution is -2.35. The highest BCUT2D eigenvalue weighted by Gasteiger charge is 2.25. The lowest BCUT2D eigenvalue weighted by atomic mass is 10.1. The van der Waals surface area contributed by atoms with Crippen LogP contribution in [-0.2, 0) is 0 Å². The molecule has 27 heavy (non-hydrogen) atoms. The number of anilines is 4. The number of non-ortho nitro benzene ring substituents is 1. The summed E-state index contributed by atoms with van der Waals surface area (Å²) >= 11 is 0. The number of benzene rings is 2. The number of hydrogen-bond acceptors (Lipinski definition) is 9. The highest BCUT2D eigenvalue weighted by Crippen LogP contribution is 2.41. The Morgan fingerprint density at radius 1 is 1.00 bits per heavy atom. The molecule has 10 nitrogen and oxygen atoms in total. The van der Waals surface area contributed by atoms with Crippen molar-refractivity contribution < 1.29 is 19.5 Å². The Bertz CT molecular complexity index is 1150. The van der Waals surface area contributed by atoms with Crippen molar-refractivity contribution in [2.24, 2.45) is 0 Å². The first-order valence-corrected chi connectivity index (χ1v) is 7.69. The number of nitrogens with one attached hydrogen (secondary N) is 2. The summed E-state index contributed by atoms with van der Waals surface area (Å²) in [6.45, 7) is 0.0434. The molecule has 1 heterocycles. The van der Waals surface area contributed by atoms with Crippen molar-refractivity contribution in [3.63, 3.8) is 0 Å². The fraction of sp³-hybridized carbons (Fsp3) is 0.0588. The maximum atomic E-state index is 12.0. The van der Waals surface area contributed by atoms with Crippen LogP contribution >= 0.6 is 0 Å². The molecule has 10 heteroatoms. The molecule has 0 fully saturated rings. The molecule has 136 valence electrons. The molecule has 3 N–H and O–H groups in total. The first kappa shape index (κ1) is 16.4. The minimum atomic E-state index is -0.778. The first-order chi connectivity index (χ1) is 13.0. The third kappa shape index (κ3) is 2.68. The lowest BCUT2D eigenvalue weighted by Gasteiger charge is -2.16. The molecule has 0 amide bonds. The number of para-hydroxylation sites is 1. The Hall–Kier alpha value is -4.08. The standard InChI is InChI=1S/C17H11N3O7/c21-11-6-8(20(24)25)4-5-9(11)18-13-14(16(23)15(13)22)19-10-2-1-3-12-17(10)27-7-26-12/h1-6,18-19,21H,7H2. The normalized spacial score (nSPS) is 12.1. The van der Waals surface area contributed by atoms with Crippen LogP contribution < -0.4 is 31.0 Å². The highest BCUT2D eigenvalue weighted by molar-refractivity contribution is 5.85. The van der Waals surface area contributed by atoms with E-state index in [1.54, 1.807) is 18.2 Å². The highest BCUT2D eigenvalue weighted by atomic mass is 16.7. The maximum Gasteiger partial charge on any atom is 0.273 e. The van der Waals surface area contributed by atoms with Crippen LogP contribution in [0.3, 0.4) is 0 Å². The third-order valence-electron chi connectivity index (χ3n) is 4.02. The second-order valence-corrected chi connectivity index (χ2v) is 5.66. The number of phenols is 1. The van der Waals surface area contributed by atoms with E-state index < -0.39 is 21.5 Å².